The number of benzene rings is 1. The molecular formula is C14H17ClO. The van der Waals surface area contributed by atoms with Crippen LogP contribution in [-0.4, -0.2) is 12.5 Å². The summed E-state index contributed by atoms with van der Waals surface area (Å²) in [5.41, 5.74) is 3.97. The van der Waals surface area contributed by atoms with Gasteiger partial charge in [-0.15, -0.1) is 11.6 Å². The van der Waals surface area contributed by atoms with Crippen LogP contribution in [0.3, 0.4) is 0 Å². The summed E-state index contributed by atoms with van der Waals surface area (Å²) in [6.07, 6.45) is 5.34. The third-order valence-electron chi connectivity index (χ3n) is 3.01. The van der Waals surface area contributed by atoms with E-state index in [9.17, 15) is 0 Å². The average Bonchev–Trinajstić information content (AvgIpc) is 2.64. The van der Waals surface area contributed by atoms with Gasteiger partial charge in [0.2, 0.25) is 0 Å². The predicted octanol–water partition coefficient (Wildman–Crippen LogP) is 3.87. The first-order valence-electron chi connectivity index (χ1n) is 5.66. The van der Waals surface area contributed by atoms with E-state index < -0.39 is 0 Å². The highest BCUT2D eigenvalue weighted by molar-refractivity contribution is 6.22. The van der Waals surface area contributed by atoms with Gasteiger partial charge in [0, 0.05) is 0 Å². The first kappa shape index (κ1) is 11.5. The number of alkyl halides is 1. The number of aryl methyl sites for hydroxylation is 1. The SMILES string of the molecule is COc1ccc(C)cc1CC1=CC(Cl)CC1. The van der Waals surface area contributed by atoms with Crippen LogP contribution >= 0.6 is 11.6 Å². The van der Waals surface area contributed by atoms with Gasteiger partial charge in [0.05, 0.1) is 12.5 Å². The lowest BCUT2D eigenvalue weighted by molar-refractivity contribution is 0.410. The van der Waals surface area contributed by atoms with Crippen molar-refractivity contribution in [3.05, 3.63) is 41.0 Å². The van der Waals surface area contributed by atoms with Gasteiger partial charge in [-0.3, -0.25) is 0 Å². The van der Waals surface area contributed by atoms with Crippen molar-refractivity contribution in [1.29, 1.82) is 0 Å². The number of rotatable bonds is 3. The van der Waals surface area contributed by atoms with Crippen LogP contribution in [0.25, 0.3) is 0 Å². The van der Waals surface area contributed by atoms with Crippen molar-refractivity contribution in [1.82, 2.24) is 0 Å². The van der Waals surface area contributed by atoms with E-state index in [1.165, 1.54) is 16.7 Å². The summed E-state index contributed by atoms with van der Waals surface area (Å²) < 4.78 is 5.38. The largest absolute Gasteiger partial charge is 0.496 e. The molecule has 1 aliphatic carbocycles. The van der Waals surface area contributed by atoms with Crippen LogP contribution < -0.4 is 4.74 Å². The van der Waals surface area contributed by atoms with Crippen LogP contribution in [0.2, 0.25) is 0 Å². The number of ether oxygens (including phenoxy) is 1. The van der Waals surface area contributed by atoms with E-state index in [0.717, 1.165) is 25.0 Å². The Kier molecular flexibility index (Phi) is 3.55. The van der Waals surface area contributed by atoms with Gasteiger partial charge in [-0.1, -0.05) is 29.3 Å². The Morgan fingerprint density at radius 1 is 1.44 bits per heavy atom. The fraction of sp³-hybridized carbons (Fsp3) is 0.429. The molecule has 0 bridgehead atoms. The maximum Gasteiger partial charge on any atom is 0.122 e. The zero-order valence-corrected chi connectivity index (χ0v) is 10.6. The van der Waals surface area contributed by atoms with Gasteiger partial charge < -0.3 is 4.74 Å². The van der Waals surface area contributed by atoms with Crippen molar-refractivity contribution in [2.75, 3.05) is 7.11 Å². The first-order valence-corrected chi connectivity index (χ1v) is 6.10. The first-order chi connectivity index (χ1) is 7.69. The number of allylic oxidation sites excluding steroid dienone is 2. The second-order valence-electron chi connectivity index (χ2n) is 4.37. The highest BCUT2D eigenvalue weighted by atomic mass is 35.5. The number of methoxy groups -OCH3 is 1. The molecule has 0 fully saturated rings. The van der Waals surface area contributed by atoms with E-state index in [0.29, 0.717) is 0 Å². The minimum atomic E-state index is 0.228. The smallest absolute Gasteiger partial charge is 0.122 e. The minimum absolute atomic E-state index is 0.228. The summed E-state index contributed by atoms with van der Waals surface area (Å²) in [6.45, 7) is 2.11. The fourth-order valence-electron chi connectivity index (χ4n) is 2.18. The lowest BCUT2D eigenvalue weighted by atomic mass is 10.0. The van der Waals surface area contributed by atoms with Gasteiger partial charge in [0.25, 0.3) is 0 Å². The maximum atomic E-state index is 6.07. The van der Waals surface area contributed by atoms with Crippen LogP contribution in [0, 0.1) is 6.92 Å². The summed E-state index contributed by atoms with van der Waals surface area (Å²) in [5.74, 6) is 0.976. The zero-order chi connectivity index (χ0) is 11.5. The van der Waals surface area contributed by atoms with Crippen molar-refractivity contribution >= 4 is 11.6 Å². The molecule has 16 heavy (non-hydrogen) atoms. The fourth-order valence-corrected chi connectivity index (χ4v) is 2.47. The van der Waals surface area contributed by atoms with E-state index in [1.807, 2.05) is 6.07 Å². The number of halogens is 1. The van der Waals surface area contributed by atoms with Crippen LogP contribution in [0.5, 0.6) is 5.75 Å². The molecule has 0 amide bonds. The highest BCUT2D eigenvalue weighted by Gasteiger charge is 2.14. The Bertz CT molecular complexity index is 409. The molecule has 1 atom stereocenters. The molecule has 0 saturated heterocycles. The molecule has 0 heterocycles. The summed E-state index contributed by atoms with van der Waals surface area (Å²) in [7, 11) is 1.72. The molecule has 0 spiro atoms. The number of hydrogen-bond donors (Lipinski definition) is 0. The molecule has 2 rings (SSSR count). The van der Waals surface area contributed by atoms with Gasteiger partial charge in [0.1, 0.15) is 5.75 Å². The molecular weight excluding hydrogens is 220 g/mol. The standard InChI is InChI=1S/C14H17ClO/c1-10-3-6-14(16-2)12(7-10)8-11-4-5-13(15)9-11/h3,6-7,9,13H,4-5,8H2,1-2H3. The predicted molar refractivity (Wildman–Crippen MR) is 68.4 cm³/mol. The Hall–Kier alpha value is -0.950. The van der Waals surface area contributed by atoms with Gasteiger partial charge in [0.15, 0.2) is 0 Å². The molecule has 1 unspecified atom stereocenters. The van der Waals surface area contributed by atoms with Crippen LogP contribution in [0.15, 0.2) is 29.8 Å². The lowest BCUT2D eigenvalue weighted by Crippen LogP contribution is -1.94. The molecule has 1 aromatic carbocycles. The maximum absolute atomic E-state index is 6.07. The van der Waals surface area contributed by atoms with Crippen molar-refractivity contribution in [2.24, 2.45) is 0 Å². The number of hydrogen-bond acceptors (Lipinski definition) is 1. The van der Waals surface area contributed by atoms with E-state index in [2.05, 4.69) is 25.1 Å². The summed E-state index contributed by atoms with van der Waals surface area (Å²) in [5, 5.41) is 0.228. The van der Waals surface area contributed by atoms with Gasteiger partial charge in [-0.2, -0.15) is 0 Å². The molecule has 1 aromatic rings. The van der Waals surface area contributed by atoms with E-state index in [1.54, 1.807) is 7.11 Å². The molecule has 1 nitrogen and oxygen atoms in total. The van der Waals surface area contributed by atoms with E-state index in [4.69, 9.17) is 16.3 Å². The molecule has 86 valence electrons. The average molecular weight is 237 g/mol. The lowest BCUT2D eigenvalue weighted by Gasteiger charge is -2.09. The summed E-state index contributed by atoms with van der Waals surface area (Å²) >= 11 is 6.07. The second kappa shape index (κ2) is 4.92. The van der Waals surface area contributed by atoms with E-state index >= 15 is 0 Å². The minimum Gasteiger partial charge on any atom is -0.496 e. The topological polar surface area (TPSA) is 9.23 Å². The zero-order valence-electron chi connectivity index (χ0n) is 9.79. The van der Waals surface area contributed by atoms with Crippen molar-refractivity contribution in [2.45, 2.75) is 31.6 Å². The third-order valence-corrected chi connectivity index (χ3v) is 3.36. The second-order valence-corrected chi connectivity index (χ2v) is 4.93. The Morgan fingerprint density at radius 3 is 2.88 bits per heavy atom. The van der Waals surface area contributed by atoms with Crippen molar-refractivity contribution in [3.63, 3.8) is 0 Å². The van der Waals surface area contributed by atoms with Crippen LogP contribution in [0.4, 0.5) is 0 Å². The quantitative estimate of drug-likeness (QED) is 0.572. The third kappa shape index (κ3) is 2.59. The van der Waals surface area contributed by atoms with E-state index in [-0.39, 0.29) is 5.38 Å². The van der Waals surface area contributed by atoms with Crippen LogP contribution in [0.1, 0.15) is 24.0 Å². The van der Waals surface area contributed by atoms with Crippen LogP contribution in [-0.2, 0) is 6.42 Å². The van der Waals surface area contributed by atoms with Crippen molar-refractivity contribution < 1.29 is 4.74 Å². The molecule has 0 aliphatic heterocycles. The molecule has 2 heteroatoms. The molecule has 0 aromatic heterocycles. The molecule has 0 saturated carbocycles. The van der Waals surface area contributed by atoms with Gasteiger partial charge >= 0.3 is 0 Å². The summed E-state index contributed by atoms with van der Waals surface area (Å²) in [4.78, 5) is 0. The Morgan fingerprint density at radius 2 is 2.25 bits per heavy atom. The normalized spacial score (nSPS) is 19.7. The monoisotopic (exact) mass is 236 g/mol. The molecule has 0 radical (unpaired) electrons. The Balaban J connectivity index is 2.20. The summed E-state index contributed by atoms with van der Waals surface area (Å²) in [6, 6.07) is 6.31. The molecule has 0 N–H and O–H groups in total. The Labute approximate surface area is 102 Å². The van der Waals surface area contributed by atoms with Gasteiger partial charge in [-0.25, -0.2) is 0 Å². The van der Waals surface area contributed by atoms with Gasteiger partial charge in [-0.05, 0) is 37.8 Å². The highest BCUT2D eigenvalue weighted by Crippen LogP contribution is 2.29. The van der Waals surface area contributed by atoms with Crippen molar-refractivity contribution in [3.8, 4) is 5.75 Å². The molecule has 1 aliphatic rings.